The van der Waals surface area contributed by atoms with Crippen LogP contribution in [0.3, 0.4) is 0 Å². The summed E-state index contributed by atoms with van der Waals surface area (Å²) in [7, 11) is 1.56. The van der Waals surface area contributed by atoms with Gasteiger partial charge < -0.3 is 20.1 Å². The molecule has 0 fully saturated rings. The molecule has 3 aromatic rings. The molecule has 0 saturated carbocycles. The Balaban J connectivity index is 1.54. The van der Waals surface area contributed by atoms with Crippen LogP contribution in [0.4, 0.5) is 10.5 Å². The maximum Gasteiger partial charge on any atom is 0.319 e. The molecule has 0 radical (unpaired) electrons. The molecule has 2 heterocycles. The molecule has 2 amide bonds. The Kier molecular flexibility index (Phi) is 5.84. The number of hydrogen-bond donors (Lipinski definition) is 2. The van der Waals surface area contributed by atoms with Crippen LogP contribution in [0.5, 0.6) is 17.4 Å². The lowest BCUT2D eigenvalue weighted by molar-refractivity contribution is 0.251. The van der Waals surface area contributed by atoms with Gasteiger partial charge in [-0.3, -0.25) is 4.98 Å². The summed E-state index contributed by atoms with van der Waals surface area (Å²) in [5.41, 5.74) is 2.49. The predicted molar refractivity (Wildman–Crippen MR) is 102 cm³/mol. The number of nitrogens with zero attached hydrogens (tertiary/aromatic N) is 2. The quantitative estimate of drug-likeness (QED) is 0.693. The van der Waals surface area contributed by atoms with Gasteiger partial charge >= 0.3 is 6.03 Å². The summed E-state index contributed by atoms with van der Waals surface area (Å²) in [4.78, 5) is 20.4. The first-order valence-corrected chi connectivity index (χ1v) is 8.36. The van der Waals surface area contributed by atoms with Crippen LogP contribution in [0.25, 0.3) is 0 Å². The van der Waals surface area contributed by atoms with Gasteiger partial charge in [0.2, 0.25) is 5.88 Å². The normalized spacial score (nSPS) is 10.1. The zero-order valence-electron chi connectivity index (χ0n) is 15.1. The molecule has 138 valence electrons. The number of urea groups is 1. The Bertz CT molecular complexity index is 899. The van der Waals surface area contributed by atoms with Gasteiger partial charge in [0.25, 0.3) is 0 Å². The van der Waals surface area contributed by atoms with E-state index in [-0.39, 0.29) is 6.03 Å². The number of benzene rings is 1. The summed E-state index contributed by atoms with van der Waals surface area (Å²) in [6.45, 7) is 2.28. The second kappa shape index (κ2) is 8.66. The van der Waals surface area contributed by atoms with Crippen LogP contribution in [-0.4, -0.2) is 23.1 Å². The molecule has 0 atom stereocenters. The minimum Gasteiger partial charge on any atom is -0.495 e. The molecule has 7 heteroatoms. The molecule has 0 spiro atoms. The van der Waals surface area contributed by atoms with Gasteiger partial charge in [-0.1, -0.05) is 12.1 Å². The van der Waals surface area contributed by atoms with E-state index < -0.39 is 0 Å². The first-order valence-electron chi connectivity index (χ1n) is 8.36. The van der Waals surface area contributed by atoms with E-state index in [1.807, 2.05) is 31.2 Å². The molecular formula is C20H20N4O3. The zero-order valence-corrected chi connectivity index (χ0v) is 15.1. The number of aryl methyl sites for hydroxylation is 1. The third-order valence-corrected chi connectivity index (χ3v) is 3.71. The highest BCUT2D eigenvalue weighted by molar-refractivity contribution is 5.91. The smallest absolute Gasteiger partial charge is 0.319 e. The van der Waals surface area contributed by atoms with Crippen LogP contribution in [0.1, 0.15) is 11.1 Å². The van der Waals surface area contributed by atoms with Gasteiger partial charge in [0.15, 0.2) is 0 Å². The third kappa shape index (κ3) is 5.18. The number of carbonyl (C=O) groups excluding carboxylic acids is 1. The Labute approximate surface area is 157 Å². The van der Waals surface area contributed by atoms with Crippen LogP contribution in [0.2, 0.25) is 0 Å². The average Bonchev–Trinajstić information content (AvgIpc) is 2.68. The van der Waals surface area contributed by atoms with Crippen molar-refractivity contribution in [1.82, 2.24) is 15.3 Å². The zero-order chi connectivity index (χ0) is 19.1. The van der Waals surface area contributed by atoms with Crippen LogP contribution in [0, 0.1) is 6.92 Å². The second-order valence-corrected chi connectivity index (χ2v) is 5.81. The van der Waals surface area contributed by atoms with Gasteiger partial charge in [-0.05, 0) is 42.3 Å². The van der Waals surface area contributed by atoms with Gasteiger partial charge in [0.1, 0.15) is 11.5 Å². The fraction of sp³-hybridized carbons (Fsp3) is 0.150. The summed E-state index contributed by atoms with van der Waals surface area (Å²) < 4.78 is 10.8. The highest BCUT2D eigenvalue weighted by Crippen LogP contribution is 2.25. The van der Waals surface area contributed by atoms with Crippen molar-refractivity contribution in [2.45, 2.75) is 13.5 Å². The van der Waals surface area contributed by atoms with E-state index in [1.54, 1.807) is 43.9 Å². The van der Waals surface area contributed by atoms with Crippen molar-refractivity contribution in [2.75, 3.05) is 12.4 Å². The van der Waals surface area contributed by atoms with Crippen LogP contribution >= 0.6 is 0 Å². The molecule has 0 bridgehead atoms. The highest BCUT2D eigenvalue weighted by atomic mass is 16.5. The molecular weight excluding hydrogens is 344 g/mol. The number of carbonyl (C=O) groups is 1. The van der Waals surface area contributed by atoms with Crippen LogP contribution in [-0.2, 0) is 6.54 Å². The molecule has 7 nitrogen and oxygen atoms in total. The largest absolute Gasteiger partial charge is 0.495 e. The van der Waals surface area contributed by atoms with Crippen molar-refractivity contribution < 1.29 is 14.3 Å². The van der Waals surface area contributed by atoms with E-state index in [9.17, 15) is 4.79 Å². The molecule has 0 aliphatic carbocycles. The van der Waals surface area contributed by atoms with Crippen molar-refractivity contribution in [3.05, 3.63) is 72.2 Å². The lowest BCUT2D eigenvalue weighted by Gasteiger charge is -2.12. The van der Waals surface area contributed by atoms with Crippen molar-refractivity contribution in [2.24, 2.45) is 0 Å². The Hall–Kier alpha value is -3.61. The minimum absolute atomic E-state index is 0.324. The lowest BCUT2D eigenvalue weighted by Crippen LogP contribution is -2.28. The maximum atomic E-state index is 12.1. The SMILES string of the molecule is COc1ccc(C)cc1NC(=O)NCc1ccc(Oc2cccnc2)nc1. The van der Waals surface area contributed by atoms with Crippen molar-refractivity contribution in [3.63, 3.8) is 0 Å². The molecule has 2 N–H and O–H groups in total. The molecule has 27 heavy (non-hydrogen) atoms. The Morgan fingerprint density at radius 1 is 1.15 bits per heavy atom. The van der Waals surface area contributed by atoms with Crippen molar-refractivity contribution in [1.29, 1.82) is 0 Å². The topological polar surface area (TPSA) is 85.4 Å². The van der Waals surface area contributed by atoms with Gasteiger partial charge in [-0.25, -0.2) is 9.78 Å². The number of rotatable bonds is 6. The lowest BCUT2D eigenvalue weighted by atomic mass is 10.2. The van der Waals surface area contributed by atoms with Gasteiger partial charge in [-0.2, -0.15) is 0 Å². The Morgan fingerprint density at radius 3 is 2.74 bits per heavy atom. The first kappa shape index (κ1) is 18.2. The standard InChI is InChI=1S/C20H20N4O3/c1-14-5-7-18(26-2)17(10-14)24-20(25)23-12-15-6-8-19(22-11-15)27-16-4-3-9-21-13-16/h3-11,13H,12H2,1-2H3,(H2,23,24,25). The third-order valence-electron chi connectivity index (χ3n) is 3.71. The van der Waals surface area contributed by atoms with Crippen LogP contribution in [0.15, 0.2) is 61.1 Å². The first-order chi connectivity index (χ1) is 13.1. The molecule has 0 aliphatic rings. The number of nitrogens with one attached hydrogen (secondary N) is 2. The second-order valence-electron chi connectivity index (χ2n) is 5.81. The summed E-state index contributed by atoms with van der Waals surface area (Å²) in [6, 6.07) is 12.4. The molecule has 0 aliphatic heterocycles. The van der Waals surface area contributed by atoms with E-state index in [1.165, 1.54) is 0 Å². The number of hydrogen-bond acceptors (Lipinski definition) is 5. The number of pyridine rings is 2. The fourth-order valence-electron chi connectivity index (χ4n) is 2.37. The molecule has 3 rings (SSSR count). The van der Waals surface area contributed by atoms with Crippen molar-refractivity contribution in [3.8, 4) is 17.4 Å². The average molecular weight is 364 g/mol. The summed E-state index contributed by atoms with van der Waals surface area (Å²) in [6.07, 6.45) is 4.94. The summed E-state index contributed by atoms with van der Waals surface area (Å²) in [5.74, 6) is 1.68. The van der Waals surface area contributed by atoms with Gasteiger partial charge in [-0.15, -0.1) is 0 Å². The van der Waals surface area contributed by atoms with E-state index in [2.05, 4.69) is 20.6 Å². The summed E-state index contributed by atoms with van der Waals surface area (Å²) in [5, 5.41) is 5.58. The number of methoxy groups -OCH3 is 1. The monoisotopic (exact) mass is 364 g/mol. The van der Waals surface area contributed by atoms with E-state index in [4.69, 9.17) is 9.47 Å². The fourth-order valence-corrected chi connectivity index (χ4v) is 2.37. The number of amides is 2. The minimum atomic E-state index is -0.324. The Morgan fingerprint density at radius 2 is 2.04 bits per heavy atom. The maximum absolute atomic E-state index is 12.1. The number of ether oxygens (including phenoxy) is 2. The van der Waals surface area contributed by atoms with Crippen LogP contribution < -0.4 is 20.1 Å². The van der Waals surface area contributed by atoms with E-state index >= 15 is 0 Å². The van der Waals surface area contributed by atoms with E-state index in [0.717, 1.165) is 11.1 Å². The molecule has 0 saturated heterocycles. The van der Waals surface area contributed by atoms with E-state index in [0.29, 0.717) is 29.6 Å². The highest BCUT2D eigenvalue weighted by Gasteiger charge is 2.08. The molecule has 0 unspecified atom stereocenters. The summed E-state index contributed by atoms with van der Waals surface area (Å²) >= 11 is 0. The van der Waals surface area contributed by atoms with Gasteiger partial charge in [0, 0.05) is 25.0 Å². The molecule has 1 aromatic carbocycles. The number of anilines is 1. The predicted octanol–water partition coefficient (Wildman–Crippen LogP) is 3.91. The van der Waals surface area contributed by atoms with Crippen molar-refractivity contribution >= 4 is 11.7 Å². The molecule has 2 aromatic heterocycles. The number of aromatic nitrogens is 2. The van der Waals surface area contributed by atoms with Gasteiger partial charge in [0.05, 0.1) is 19.0 Å².